The summed E-state index contributed by atoms with van der Waals surface area (Å²) in [6.45, 7) is 2.20. The number of rotatable bonds is 2. The van der Waals surface area contributed by atoms with Gasteiger partial charge in [-0.15, -0.1) is 11.3 Å². The zero-order valence-electron chi connectivity index (χ0n) is 14.6. The molecule has 5 rings (SSSR count). The molecule has 1 aromatic heterocycles. The number of aryl methyl sites for hydroxylation is 1. The number of benzene rings is 4. The number of hydrogen-bond donors (Lipinski definition) is 0. The van der Waals surface area contributed by atoms with Crippen LogP contribution in [0.1, 0.15) is 5.56 Å². The highest BCUT2D eigenvalue weighted by atomic mass is 32.1. The summed E-state index contributed by atoms with van der Waals surface area (Å²) in [5.41, 5.74) is 6.44. The smallest absolute Gasteiger partial charge is 0.0355 e. The van der Waals surface area contributed by atoms with E-state index in [1.807, 2.05) is 11.3 Å². The van der Waals surface area contributed by atoms with Crippen molar-refractivity contribution in [2.24, 2.45) is 0 Å². The Morgan fingerprint density at radius 2 is 1.23 bits per heavy atom. The summed E-state index contributed by atoms with van der Waals surface area (Å²) in [6, 6.07) is 32.9. The summed E-state index contributed by atoms with van der Waals surface area (Å²) in [5, 5.41) is 2.71. The summed E-state index contributed by atoms with van der Waals surface area (Å²) < 4.78 is 2.71. The second-order valence-corrected chi connectivity index (χ2v) is 7.79. The highest BCUT2D eigenvalue weighted by Gasteiger charge is 2.08. The minimum Gasteiger partial charge on any atom is -0.135 e. The van der Waals surface area contributed by atoms with E-state index >= 15 is 0 Å². The summed E-state index contributed by atoms with van der Waals surface area (Å²) in [6.07, 6.45) is 0. The minimum absolute atomic E-state index is 1.27. The van der Waals surface area contributed by atoms with Gasteiger partial charge in [-0.05, 0) is 52.9 Å². The van der Waals surface area contributed by atoms with Gasteiger partial charge in [0, 0.05) is 20.2 Å². The van der Waals surface area contributed by atoms with Gasteiger partial charge in [-0.3, -0.25) is 0 Å². The SMILES string of the molecule is Cc1cc(-c2ccc3sc4ccccc4c3c2)ccc1-c1ccccc1. The maximum atomic E-state index is 2.34. The molecule has 0 aliphatic rings. The van der Waals surface area contributed by atoms with Crippen LogP contribution in [0.4, 0.5) is 0 Å². The summed E-state index contributed by atoms with van der Waals surface area (Å²) in [7, 11) is 0. The Morgan fingerprint density at radius 3 is 2.08 bits per heavy atom. The van der Waals surface area contributed by atoms with Crippen molar-refractivity contribution in [3.8, 4) is 22.3 Å². The van der Waals surface area contributed by atoms with E-state index in [2.05, 4.69) is 97.9 Å². The van der Waals surface area contributed by atoms with Crippen molar-refractivity contribution in [3.63, 3.8) is 0 Å². The fourth-order valence-electron chi connectivity index (χ4n) is 3.69. The lowest BCUT2D eigenvalue weighted by Crippen LogP contribution is -1.85. The molecule has 0 spiro atoms. The molecular formula is C25H18S. The molecule has 4 aromatic carbocycles. The van der Waals surface area contributed by atoms with Gasteiger partial charge < -0.3 is 0 Å². The first-order valence-corrected chi connectivity index (χ1v) is 9.69. The lowest BCUT2D eigenvalue weighted by Gasteiger charge is -2.09. The van der Waals surface area contributed by atoms with Gasteiger partial charge in [0.15, 0.2) is 0 Å². The van der Waals surface area contributed by atoms with Crippen molar-refractivity contribution in [2.75, 3.05) is 0 Å². The van der Waals surface area contributed by atoms with Gasteiger partial charge in [-0.2, -0.15) is 0 Å². The first-order valence-electron chi connectivity index (χ1n) is 8.87. The second kappa shape index (κ2) is 6.12. The van der Waals surface area contributed by atoms with E-state index in [9.17, 15) is 0 Å². The zero-order valence-corrected chi connectivity index (χ0v) is 15.4. The molecule has 0 amide bonds. The zero-order chi connectivity index (χ0) is 17.5. The van der Waals surface area contributed by atoms with Crippen LogP contribution < -0.4 is 0 Å². The Kier molecular flexibility index (Phi) is 3.62. The summed E-state index contributed by atoms with van der Waals surface area (Å²) in [5.74, 6) is 0. The van der Waals surface area contributed by atoms with Crippen LogP contribution in [-0.4, -0.2) is 0 Å². The highest BCUT2D eigenvalue weighted by molar-refractivity contribution is 7.25. The van der Waals surface area contributed by atoms with E-state index in [0.29, 0.717) is 0 Å². The van der Waals surface area contributed by atoms with E-state index in [0.717, 1.165) is 0 Å². The van der Waals surface area contributed by atoms with Crippen molar-refractivity contribution in [2.45, 2.75) is 6.92 Å². The molecule has 0 fully saturated rings. The fourth-order valence-corrected chi connectivity index (χ4v) is 4.78. The second-order valence-electron chi connectivity index (χ2n) is 6.70. The molecule has 1 heteroatoms. The maximum absolute atomic E-state index is 2.34. The van der Waals surface area contributed by atoms with E-state index in [1.54, 1.807) is 0 Å². The normalized spacial score (nSPS) is 11.3. The van der Waals surface area contributed by atoms with E-state index < -0.39 is 0 Å². The predicted octanol–water partition coefficient (Wildman–Crippen LogP) is 7.70. The maximum Gasteiger partial charge on any atom is 0.0355 e. The first-order chi connectivity index (χ1) is 12.8. The number of hydrogen-bond acceptors (Lipinski definition) is 1. The van der Waals surface area contributed by atoms with Crippen LogP contribution in [0.15, 0.2) is 91.0 Å². The Bertz CT molecular complexity index is 1230. The van der Waals surface area contributed by atoms with Gasteiger partial charge in [0.2, 0.25) is 0 Å². The van der Waals surface area contributed by atoms with Gasteiger partial charge >= 0.3 is 0 Å². The first kappa shape index (κ1) is 15.4. The molecule has 0 saturated heterocycles. The van der Waals surface area contributed by atoms with Gasteiger partial charge in [-0.25, -0.2) is 0 Å². The van der Waals surface area contributed by atoms with Crippen LogP contribution >= 0.6 is 11.3 Å². The predicted molar refractivity (Wildman–Crippen MR) is 115 cm³/mol. The Balaban J connectivity index is 1.63. The monoisotopic (exact) mass is 350 g/mol. The molecule has 124 valence electrons. The Hall–Kier alpha value is -2.90. The van der Waals surface area contributed by atoms with Crippen LogP contribution in [-0.2, 0) is 0 Å². The highest BCUT2D eigenvalue weighted by Crippen LogP contribution is 2.37. The topological polar surface area (TPSA) is 0 Å². The molecule has 0 radical (unpaired) electrons. The molecule has 1 heterocycles. The van der Waals surface area contributed by atoms with Gasteiger partial charge in [0.25, 0.3) is 0 Å². The van der Waals surface area contributed by atoms with E-state index in [4.69, 9.17) is 0 Å². The Labute approximate surface area is 157 Å². The third kappa shape index (κ3) is 2.53. The third-order valence-corrected chi connectivity index (χ3v) is 6.17. The molecule has 0 atom stereocenters. The van der Waals surface area contributed by atoms with Crippen molar-refractivity contribution in [3.05, 3.63) is 96.6 Å². The summed E-state index contributed by atoms with van der Waals surface area (Å²) >= 11 is 1.87. The Morgan fingerprint density at radius 1 is 0.538 bits per heavy atom. The van der Waals surface area contributed by atoms with E-state index in [1.165, 1.54) is 48.0 Å². The molecule has 5 aromatic rings. The van der Waals surface area contributed by atoms with Gasteiger partial charge in [0.05, 0.1) is 0 Å². The molecule has 26 heavy (non-hydrogen) atoms. The van der Waals surface area contributed by atoms with Crippen LogP contribution in [0.2, 0.25) is 0 Å². The largest absolute Gasteiger partial charge is 0.135 e. The molecule has 0 unspecified atom stereocenters. The van der Waals surface area contributed by atoms with Crippen LogP contribution in [0.3, 0.4) is 0 Å². The third-order valence-electron chi connectivity index (χ3n) is 5.02. The average molecular weight is 350 g/mol. The van der Waals surface area contributed by atoms with Crippen molar-refractivity contribution >= 4 is 31.5 Å². The molecule has 0 aliphatic heterocycles. The lowest BCUT2D eigenvalue weighted by molar-refractivity contribution is 1.45. The van der Waals surface area contributed by atoms with Crippen LogP contribution in [0.25, 0.3) is 42.4 Å². The molecule has 0 bridgehead atoms. The van der Waals surface area contributed by atoms with Gasteiger partial charge in [-0.1, -0.05) is 72.8 Å². The minimum atomic E-state index is 1.27. The van der Waals surface area contributed by atoms with Crippen molar-refractivity contribution in [1.82, 2.24) is 0 Å². The number of thiophene rings is 1. The van der Waals surface area contributed by atoms with Crippen molar-refractivity contribution in [1.29, 1.82) is 0 Å². The molecular weight excluding hydrogens is 332 g/mol. The molecule has 0 N–H and O–H groups in total. The van der Waals surface area contributed by atoms with Gasteiger partial charge in [0.1, 0.15) is 0 Å². The quantitative estimate of drug-likeness (QED) is 0.306. The molecule has 0 aliphatic carbocycles. The number of fused-ring (bicyclic) bond motifs is 3. The molecule has 0 nitrogen and oxygen atoms in total. The van der Waals surface area contributed by atoms with E-state index in [-0.39, 0.29) is 0 Å². The molecule has 0 saturated carbocycles. The summed E-state index contributed by atoms with van der Waals surface area (Å²) in [4.78, 5) is 0. The fraction of sp³-hybridized carbons (Fsp3) is 0.0400. The lowest BCUT2D eigenvalue weighted by atomic mass is 9.95. The average Bonchev–Trinajstić information content (AvgIpc) is 3.06. The van der Waals surface area contributed by atoms with Crippen LogP contribution in [0, 0.1) is 6.92 Å². The van der Waals surface area contributed by atoms with Crippen LogP contribution in [0.5, 0.6) is 0 Å². The standard InChI is InChI=1S/C25H18S/c1-17-15-19(11-13-21(17)18-7-3-2-4-8-18)20-12-14-25-23(16-20)22-9-5-6-10-24(22)26-25/h2-16H,1H3. The van der Waals surface area contributed by atoms with Crippen molar-refractivity contribution < 1.29 is 0 Å².